The van der Waals surface area contributed by atoms with Crippen LogP contribution in [0.2, 0.25) is 0 Å². The van der Waals surface area contributed by atoms with Gasteiger partial charge in [0.15, 0.2) is 0 Å². The van der Waals surface area contributed by atoms with Crippen molar-refractivity contribution in [2.75, 3.05) is 38.5 Å². The molecule has 5 nitrogen and oxygen atoms in total. The Kier molecular flexibility index (Phi) is 5.48. The highest BCUT2D eigenvalue weighted by atomic mass is 32.1. The van der Waals surface area contributed by atoms with E-state index in [1.54, 1.807) is 11.3 Å². The second kappa shape index (κ2) is 7.77. The number of nitrogens with one attached hydrogen (secondary N) is 1. The maximum atomic E-state index is 12.4. The van der Waals surface area contributed by atoms with Crippen LogP contribution in [0.3, 0.4) is 0 Å². The summed E-state index contributed by atoms with van der Waals surface area (Å²) in [6, 6.07) is 8.12. The van der Waals surface area contributed by atoms with Gasteiger partial charge in [-0.05, 0) is 31.7 Å². The number of rotatable bonds is 5. The van der Waals surface area contributed by atoms with Gasteiger partial charge in [0.1, 0.15) is 5.01 Å². The van der Waals surface area contributed by atoms with Crippen molar-refractivity contribution >= 4 is 22.9 Å². The zero-order chi connectivity index (χ0) is 16.9. The first-order chi connectivity index (χ1) is 11.6. The van der Waals surface area contributed by atoms with Crippen molar-refractivity contribution in [3.63, 3.8) is 0 Å². The molecule has 0 atom stereocenters. The van der Waals surface area contributed by atoms with Crippen LogP contribution >= 0.6 is 11.3 Å². The maximum Gasteiger partial charge on any atom is 0.227 e. The lowest BCUT2D eigenvalue weighted by atomic mass is 10.1. The van der Waals surface area contributed by atoms with E-state index in [1.807, 2.05) is 30.0 Å². The van der Waals surface area contributed by atoms with E-state index >= 15 is 0 Å². The van der Waals surface area contributed by atoms with Crippen LogP contribution in [0.1, 0.15) is 16.3 Å². The van der Waals surface area contributed by atoms with Gasteiger partial charge in [0.25, 0.3) is 0 Å². The van der Waals surface area contributed by atoms with Crippen molar-refractivity contribution in [1.29, 1.82) is 0 Å². The molecule has 1 N–H and O–H groups in total. The van der Waals surface area contributed by atoms with Gasteiger partial charge >= 0.3 is 0 Å². The first-order valence-corrected chi connectivity index (χ1v) is 9.18. The normalized spacial score (nSPS) is 15.5. The number of aryl methyl sites for hydroxylation is 1. The number of carbonyl (C=O) groups is 1. The number of aromatic nitrogens is 1. The summed E-state index contributed by atoms with van der Waals surface area (Å²) in [7, 11) is 2.10. The minimum absolute atomic E-state index is 0.218. The molecule has 0 aliphatic carbocycles. The summed E-state index contributed by atoms with van der Waals surface area (Å²) < 4.78 is 0. The Balaban J connectivity index is 1.55. The molecule has 24 heavy (non-hydrogen) atoms. The summed E-state index contributed by atoms with van der Waals surface area (Å²) in [6.45, 7) is 6.30. The third-order valence-corrected chi connectivity index (χ3v) is 5.22. The third kappa shape index (κ3) is 4.55. The zero-order valence-corrected chi connectivity index (χ0v) is 15.1. The molecule has 1 amide bonds. The predicted octanol–water partition coefficient (Wildman–Crippen LogP) is 2.38. The van der Waals surface area contributed by atoms with Crippen LogP contribution in [0.5, 0.6) is 0 Å². The molecule has 1 aromatic heterocycles. The summed E-state index contributed by atoms with van der Waals surface area (Å²) in [6.07, 6.45) is 0.468. The van der Waals surface area contributed by atoms with Crippen LogP contribution in [-0.4, -0.2) is 53.9 Å². The van der Waals surface area contributed by atoms with Crippen LogP contribution < -0.4 is 5.32 Å². The van der Waals surface area contributed by atoms with Gasteiger partial charge in [0.2, 0.25) is 5.91 Å². The Hall–Kier alpha value is -1.92. The lowest BCUT2D eigenvalue weighted by Gasteiger charge is -2.32. The highest BCUT2D eigenvalue weighted by molar-refractivity contribution is 7.09. The Bertz CT molecular complexity index is 692. The second-order valence-corrected chi connectivity index (χ2v) is 7.24. The Morgan fingerprint density at radius 3 is 2.79 bits per heavy atom. The molecule has 3 rings (SSSR count). The predicted molar refractivity (Wildman–Crippen MR) is 98.4 cm³/mol. The van der Waals surface area contributed by atoms with Gasteiger partial charge in [0, 0.05) is 42.9 Å². The highest BCUT2D eigenvalue weighted by Crippen LogP contribution is 2.15. The van der Waals surface area contributed by atoms with E-state index in [1.165, 1.54) is 0 Å². The third-order valence-electron chi connectivity index (χ3n) is 4.25. The average Bonchev–Trinajstić information content (AvgIpc) is 2.99. The van der Waals surface area contributed by atoms with E-state index in [2.05, 4.69) is 33.7 Å². The number of likely N-dealkylation sites (N-methyl/N-ethyl adjacent to an activating group) is 1. The summed E-state index contributed by atoms with van der Waals surface area (Å²) in [5.74, 6) is 0.218. The van der Waals surface area contributed by atoms with E-state index in [-0.39, 0.29) is 5.91 Å². The molecule has 2 aromatic rings. The summed E-state index contributed by atoms with van der Waals surface area (Å²) in [5.41, 5.74) is 3.15. The number of carbonyl (C=O) groups excluding carboxylic acids is 1. The van der Waals surface area contributed by atoms with E-state index in [0.717, 1.165) is 48.1 Å². The van der Waals surface area contributed by atoms with Crippen LogP contribution in [0.4, 0.5) is 5.69 Å². The molecule has 1 aromatic carbocycles. The molecule has 0 saturated carbocycles. The number of hydrogen-bond donors (Lipinski definition) is 1. The van der Waals surface area contributed by atoms with Gasteiger partial charge in [0.05, 0.1) is 13.0 Å². The first-order valence-electron chi connectivity index (χ1n) is 8.30. The number of thiazole rings is 1. The van der Waals surface area contributed by atoms with Crippen LogP contribution in [0, 0.1) is 6.92 Å². The van der Waals surface area contributed by atoms with Crippen LogP contribution in [0.15, 0.2) is 29.6 Å². The lowest BCUT2D eigenvalue weighted by molar-refractivity contribution is -0.132. The van der Waals surface area contributed by atoms with Crippen molar-refractivity contribution in [2.24, 2.45) is 0 Å². The van der Waals surface area contributed by atoms with Gasteiger partial charge in [-0.15, -0.1) is 11.3 Å². The van der Waals surface area contributed by atoms with Crippen molar-refractivity contribution in [3.8, 4) is 0 Å². The second-order valence-electron chi connectivity index (χ2n) is 6.30. The van der Waals surface area contributed by atoms with Gasteiger partial charge in [-0.3, -0.25) is 4.79 Å². The number of amides is 1. The monoisotopic (exact) mass is 344 g/mol. The minimum atomic E-state index is 0.218. The van der Waals surface area contributed by atoms with Gasteiger partial charge in [-0.1, -0.05) is 12.1 Å². The molecular weight excluding hydrogens is 320 g/mol. The molecule has 1 saturated heterocycles. The number of nitrogens with zero attached hydrogens (tertiary/aromatic N) is 3. The van der Waals surface area contributed by atoms with Gasteiger partial charge in [-0.2, -0.15) is 0 Å². The molecule has 0 radical (unpaired) electrons. The maximum absolute atomic E-state index is 12.4. The van der Waals surface area contributed by atoms with Crippen LogP contribution in [-0.2, 0) is 17.8 Å². The number of hydrogen-bond acceptors (Lipinski definition) is 5. The van der Waals surface area contributed by atoms with E-state index in [9.17, 15) is 4.79 Å². The van der Waals surface area contributed by atoms with E-state index in [4.69, 9.17) is 0 Å². The lowest BCUT2D eigenvalue weighted by Crippen LogP contribution is -2.47. The minimum Gasteiger partial charge on any atom is -0.379 e. The SMILES string of the molecule is Cc1csc(CNc2cccc(CC(=O)N3CCN(C)CC3)c2)n1. The number of piperazine rings is 1. The number of anilines is 1. The smallest absolute Gasteiger partial charge is 0.227 e. The fraction of sp³-hybridized carbons (Fsp3) is 0.444. The average molecular weight is 344 g/mol. The van der Waals surface area contributed by atoms with Gasteiger partial charge in [-0.25, -0.2) is 4.98 Å². The molecular formula is C18H24N4OS. The Morgan fingerprint density at radius 1 is 1.29 bits per heavy atom. The standard InChI is InChI=1S/C18H24N4OS/c1-14-13-24-17(20-14)12-19-16-5-3-4-15(10-16)11-18(23)22-8-6-21(2)7-9-22/h3-5,10,13,19H,6-9,11-12H2,1-2H3. The fourth-order valence-corrected chi connectivity index (χ4v) is 3.51. The highest BCUT2D eigenvalue weighted by Gasteiger charge is 2.19. The van der Waals surface area contributed by atoms with Gasteiger partial charge < -0.3 is 15.1 Å². The molecule has 6 heteroatoms. The van der Waals surface area contributed by atoms with Crippen molar-refractivity contribution in [1.82, 2.24) is 14.8 Å². The summed E-state index contributed by atoms with van der Waals surface area (Å²) in [5, 5.41) is 6.52. The molecule has 1 aliphatic rings. The quantitative estimate of drug-likeness (QED) is 0.905. The molecule has 2 heterocycles. The van der Waals surface area contributed by atoms with E-state index in [0.29, 0.717) is 13.0 Å². The molecule has 0 spiro atoms. The zero-order valence-electron chi connectivity index (χ0n) is 14.3. The molecule has 0 unspecified atom stereocenters. The largest absolute Gasteiger partial charge is 0.379 e. The summed E-state index contributed by atoms with van der Waals surface area (Å²) >= 11 is 1.66. The van der Waals surface area contributed by atoms with Crippen LogP contribution in [0.25, 0.3) is 0 Å². The summed E-state index contributed by atoms with van der Waals surface area (Å²) in [4.78, 5) is 21.1. The molecule has 0 bridgehead atoms. The van der Waals surface area contributed by atoms with Crippen molar-refractivity contribution < 1.29 is 4.79 Å². The molecule has 1 fully saturated rings. The van der Waals surface area contributed by atoms with Crippen molar-refractivity contribution in [3.05, 3.63) is 45.9 Å². The number of benzene rings is 1. The first kappa shape index (κ1) is 16.9. The molecule has 128 valence electrons. The Morgan fingerprint density at radius 2 is 2.08 bits per heavy atom. The topological polar surface area (TPSA) is 48.5 Å². The van der Waals surface area contributed by atoms with E-state index < -0.39 is 0 Å². The molecule has 1 aliphatic heterocycles. The Labute approximate surface area is 147 Å². The fourth-order valence-electron chi connectivity index (χ4n) is 2.80. The van der Waals surface area contributed by atoms with Crippen molar-refractivity contribution in [2.45, 2.75) is 19.9 Å².